The first-order chi connectivity index (χ1) is 8.39. The van der Waals surface area contributed by atoms with Crippen molar-refractivity contribution in [2.75, 3.05) is 23.7 Å². The lowest BCUT2D eigenvalue weighted by molar-refractivity contribution is 0.100. The van der Waals surface area contributed by atoms with Gasteiger partial charge in [0.05, 0.1) is 11.4 Å². The Balaban J connectivity index is 2.32. The second-order valence-corrected chi connectivity index (χ2v) is 5.83. The van der Waals surface area contributed by atoms with Crippen molar-refractivity contribution in [3.63, 3.8) is 0 Å². The number of anilines is 2. The molecule has 0 saturated carbocycles. The fraction of sp³-hybridized carbons (Fsp3) is 0.500. The zero-order valence-corrected chi connectivity index (χ0v) is 11.1. The molecule has 1 aromatic rings. The molecule has 2 rings (SSSR count). The molecular formula is C14H21N3O. The standard InChI is InChI=1S/C14H21N3O/c1-14(2)6-3-7-17(9-14)12-8-10(13(16)18)4-5-11(12)15/h4-5,8H,3,6-7,9,15H2,1-2H3,(H2,16,18). The van der Waals surface area contributed by atoms with Gasteiger partial charge in [0.2, 0.25) is 5.91 Å². The number of carbonyl (C=O) groups is 1. The van der Waals surface area contributed by atoms with Gasteiger partial charge in [-0.1, -0.05) is 13.8 Å². The largest absolute Gasteiger partial charge is 0.397 e. The van der Waals surface area contributed by atoms with Crippen molar-refractivity contribution >= 4 is 17.3 Å². The fourth-order valence-electron chi connectivity index (χ4n) is 2.60. The first-order valence-corrected chi connectivity index (χ1v) is 6.33. The molecule has 0 bridgehead atoms. The lowest BCUT2D eigenvalue weighted by atomic mass is 9.84. The van der Waals surface area contributed by atoms with Crippen molar-refractivity contribution in [3.05, 3.63) is 23.8 Å². The van der Waals surface area contributed by atoms with Crippen LogP contribution in [0.15, 0.2) is 18.2 Å². The third-order valence-corrected chi connectivity index (χ3v) is 3.56. The summed E-state index contributed by atoms with van der Waals surface area (Å²) >= 11 is 0. The minimum absolute atomic E-state index is 0.285. The van der Waals surface area contributed by atoms with Gasteiger partial charge in [-0.15, -0.1) is 0 Å². The fourth-order valence-corrected chi connectivity index (χ4v) is 2.60. The van der Waals surface area contributed by atoms with Gasteiger partial charge in [0.1, 0.15) is 0 Å². The van der Waals surface area contributed by atoms with E-state index < -0.39 is 5.91 Å². The van der Waals surface area contributed by atoms with E-state index in [9.17, 15) is 4.79 Å². The molecule has 4 N–H and O–H groups in total. The number of hydrogen-bond donors (Lipinski definition) is 2. The Morgan fingerprint density at radius 1 is 1.39 bits per heavy atom. The molecule has 4 heteroatoms. The number of nitrogens with zero attached hydrogens (tertiary/aromatic N) is 1. The number of carbonyl (C=O) groups excluding carboxylic acids is 1. The maximum atomic E-state index is 11.2. The first-order valence-electron chi connectivity index (χ1n) is 6.33. The van der Waals surface area contributed by atoms with Gasteiger partial charge >= 0.3 is 0 Å². The van der Waals surface area contributed by atoms with Crippen molar-refractivity contribution in [2.24, 2.45) is 11.1 Å². The molecule has 1 saturated heterocycles. The van der Waals surface area contributed by atoms with Crippen LogP contribution in [0.5, 0.6) is 0 Å². The van der Waals surface area contributed by atoms with E-state index in [4.69, 9.17) is 11.5 Å². The number of primary amides is 1. The van der Waals surface area contributed by atoms with Crippen molar-refractivity contribution in [2.45, 2.75) is 26.7 Å². The van der Waals surface area contributed by atoms with Crippen LogP contribution in [0.1, 0.15) is 37.0 Å². The predicted molar refractivity (Wildman–Crippen MR) is 74.6 cm³/mol. The van der Waals surface area contributed by atoms with Gasteiger partial charge in [0.25, 0.3) is 0 Å². The molecule has 0 atom stereocenters. The van der Waals surface area contributed by atoms with Crippen LogP contribution in [-0.4, -0.2) is 19.0 Å². The number of nitrogen functional groups attached to an aromatic ring is 1. The van der Waals surface area contributed by atoms with E-state index in [-0.39, 0.29) is 5.41 Å². The van der Waals surface area contributed by atoms with Crippen LogP contribution >= 0.6 is 0 Å². The highest BCUT2D eigenvalue weighted by Gasteiger charge is 2.27. The summed E-state index contributed by atoms with van der Waals surface area (Å²) in [5.74, 6) is -0.410. The molecule has 0 aliphatic carbocycles. The molecular weight excluding hydrogens is 226 g/mol. The predicted octanol–water partition coefficient (Wildman–Crippen LogP) is 1.99. The van der Waals surface area contributed by atoms with Crippen LogP contribution in [0, 0.1) is 5.41 Å². The first kappa shape index (κ1) is 12.7. The molecule has 1 aliphatic heterocycles. The molecule has 1 amide bonds. The molecule has 1 heterocycles. The van der Waals surface area contributed by atoms with Crippen molar-refractivity contribution in [1.82, 2.24) is 0 Å². The summed E-state index contributed by atoms with van der Waals surface area (Å²) < 4.78 is 0. The molecule has 4 nitrogen and oxygen atoms in total. The zero-order valence-electron chi connectivity index (χ0n) is 11.1. The van der Waals surface area contributed by atoms with E-state index in [1.165, 1.54) is 6.42 Å². The van der Waals surface area contributed by atoms with Gasteiger partial charge in [-0.3, -0.25) is 4.79 Å². The van der Waals surface area contributed by atoms with Crippen LogP contribution in [-0.2, 0) is 0 Å². The van der Waals surface area contributed by atoms with Gasteiger partial charge in [0.15, 0.2) is 0 Å². The van der Waals surface area contributed by atoms with Gasteiger partial charge in [-0.05, 0) is 36.5 Å². The van der Waals surface area contributed by atoms with E-state index in [1.807, 2.05) is 0 Å². The number of rotatable bonds is 2. The second kappa shape index (κ2) is 4.52. The van der Waals surface area contributed by atoms with E-state index in [0.717, 1.165) is 25.2 Å². The monoisotopic (exact) mass is 247 g/mol. The third kappa shape index (κ3) is 2.58. The summed E-state index contributed by atoms with van der Waals surface area (Å²) in [4.78, 5) is 13.5. The maximum Gasteiger partial charge on any atom is 0.248 e. The number of benzene rings is 1. The summed E-state index contributed by atoms with van der Waals surface area (Å²) in [7, 11) is 0. The Bertz CT molecular complexity index is 468. The Morgan fingerprint density at radius 3 is 2.72 bits per heavy atom. The smallest absolute Gasteiger partial charge is 0.248 e. The quantitative estimate of drug-likeness (QED) is 0.785. The molecule has 18 heavy (non-hydrogen) atoms. The van der Waals surface area contributed by atoms with Crippen LogP contribution in [0.25, 0.3) is 0 Å². The number of amides is 1. The maximum absolute atomic E-state index is 11.2. The Kier molecular flexibility index (Phi) is 3.20. The van der Waals surface area contributed by atoms with E-state index in [2.05, 4.69) is 18.7 Å². The molecule has 0 radical (unpaired) electrons. The molecule has 1 aliphatic rings. The molecule has 0 aromatic heterocycles. The van der Waals surface area contributed by atoms with Crippen molar-refractivity contribution in [3.8, 4) is 0 Å². The number of hydrogen-bond acceptors (Lipinski definition) is 3. The van der Waals surface area contributed by atoms with Crippen molar-refractivity contribution in [1.29, 1.82) is 0 Å². The van der Waals surface area contributed by atoms with Crippen LogP contribution < -0.4 is 16.4 Å². The van der Waals surface area contributed by atoms with Crippen molar-refractivity contribution < 1.29 is 4.79 Å². The summed E-state index contributed by atoms with van der Waals surface area (Å²) in [6.07, 6.45) is 2.37. The zero-order chi connectivity index (χ0) is 13.3. The van der Waals surface area contributed by atoms with Crippen LogP contribution in [0.2, 0.25) is 0 Å². The highest BCUT2D eigenvalue weighted by atomic mass is 16.1. The lowest BCUT2D eigenvalue weighted by Crippen LogP contribution is -2.40. The molecule has 98 valence electrons. The third-order valence-electron chi connectivity index (χ3n) is 3.56. The van der Waals surface area contributed by atoms with Crippen LogP contribution in [0.3, 0.4) is 0 Å². The van der Waals surface area contributed by atoms with E-state index in [1.54, 1.807) is 18.2 Å². The Hall–Kier alpha value is -1.71. The summed E-state index contributed by atoms with van der Waals surface area (Å²) in [5, 5.41) is 0. The topological polar surface area (TPSA) is 72.3 Å². The lowest BCUT2D eigenvalue weighted by Gasteiger charge is -2.40. The van der Waals surface area contributed by atoms with Gasteiger partial charge < -0.3 is 16.4 Å². The van der Waals surface area contributed by atoms with Gasteiger partial charge in [-0.25, -0.2) is 0 Å². The normalized spacial score (nSPS) is 18.7. The Labute approximate surface area is 108 Å². The molecule has 0 unspecified atom stereocenters. The summed E-state index contributed by atoms with van der Waals surface area (Å²) in [5.41, 5.74) is 13.8. The number of nitrogens with two attached hydrogens (primary N) is 2. The highest BCUT2D eigenvalue weighted by molar-refractivity contribution is 5.95. The minimum atomic E-state index is -0.410. The average molecular weight is 247 g/mol. The minimum Gasteiger partial charge on any atom is -0.397 e. The highest BCUT2D eigenvalue weighted by Crippen LogP contribution is 2.34. The van der Waals surface area contributed by atoms with Gasteiger partial charge in [0, 0.05) is 18.7 Å². The number of piperidine rings is 1. The van der Waals surface area contributed by atoms with E-state index >= 15 is 0 Å². The Morgan fingerprint density at radius 2 is 2.11 bits per heavy atom. The SMILES string of the molecule is CC1(C)CCCN(c2cc(C(N)=O)ccc2N)C1. The van der Waals surface area contributed by atoms with E-state index in [0.29, 0.717) is 11.3 Å². The molecule has 1 aromatic carbocycles. The van der Waals surface area contributed by atoms with Crippen LogP contribution in [0.4, 0.5) is 11.4 Å². The second-order valence-electron chi connectivity index (χ2n) is 5.83. The molecule has 1 fully saturated rings. The average Bonchev–Trinajstić information content (AvgIpc) is 2.27. The van der Waals surface area contributed by atoms with Gasteiger partial charge in [-0.2, -0.15) is 0 Å². The summed E-state index contributed by atoms with van der Waals surface area (Å²) in [6.45, 7) is 6.45. The summed E-state index contributed by atoms with van der Waals surface area (Å²) in [6, 6.07) is 5.24. The molecule has 0 spiro atoms.